The number of benzene rings is 1. The second-order valence-corrected chi connectivity index (χ2v) is 7.36. The van der Waals surface area contributed by atoms with Gasteiger partial charge in [-0.2, -0.15) is 30.6 Å². The summed E-state index contributed by atoms with van der Waals surface area (Å²) in [7, 11) is -3.11. The summed E-state index contributed by atoms with van der Waals surface area (Å²) in [6, 6.07) is 2.78. The lowest BCUT2D eigenvalue weighted by Gasteiger charge is -2.23. The number of para-hydroxylation sites is 1. The monoisotopic (exact) mass is 349 g/mol. The number of H-pyrrole nitrogens is 1. The normalized spacial score (nSPS) is 13.9. The summed E-state index contributed by atoms with van der Waals surface area (Å²) in [6.07, 6.45) is -5.70. The molecule has 2 atom stereocenters. The average Bonchev–Trinajstić information content (AvgIpc) is 2.39. The predicted molar refractivity (Wildman–Crippen MR) is 67.6 cm³/mol. The third-order valence-corrected chi connectivity index (χ3v) is 6.07. The first-order chi connectivity index (χ1) is 9.32. The smallest absolute Gasteiger partial charge is 0.417 e. The molecule has 2 rings (SSSR count). The minimum absolute atomic E-state index is 0.133. The van der Waals surface area contributed by atoms with Crippen LogP contribution in [0.3, 0.4) is 0 Å². The van der Waals surface area contributed by atoms with Crippen LogP contribution in [-0.2, 0) is 6.05 Å². The molecule has 0 aliphatic rings. The van der Waals surface area contributed by atoms with E-state index in [9.17, 15) is 22.0 Å². The second-order valence-electron chi connectivity index (χ2n) is 3.42. The molecule has 0 bridgehead atoms. The number of aromatic nitrogens is 3. The van der Waals surface area contributed by atoms with Crippen LogP contribution in [0.1, 0.15) is 0 Å². The molecule has 0 spiro atoms. The Balaban J connectivity index is 2.42. The minimum atomic E-state index is -5.70. The summed E-state index contributed by atoms with van der Waals surface area (Å²) in [6.45, 7) is 0. The van der Waals surface area contributed by atoms with Gasteiger partial charge in [-0.15, -0.1) is 0 Å². The summed E-state index contributed by atoms with van der Waals surface area (Å²) in [5, 5.41) is 0. The number of aromatic amines is 1. The fraction of sp³-hybridized carbons (Fsp3) is 0.250. The van der Waals surface area contributed by atoms with Gasteiger partial charge in [-0.1, -0.05) is 18.2 Å². The van der Waals surface area contributed by atoms with Gasteiger partial charge in [0.15, 0.2) is 0 Å². The van der Waals surface area contributed by atoms with Crippen molar-refractivity contribution in [1.29, 1.82) is 0 Å². The van der Waals surface area contributed by atoms with Crippen molar-refractivity contribution < 1.29 is 26.5 Å². The summed E-state index contributed by atoms with van der Waals surface area (Å²) in [5.74, 6) is 0.205. The van der Waals surface area contributed by atoms with Crippen LogP contribution in [0, 0.1) is 0 Å². The second kappa shape index (κ2) is 5.76. The Bertz CT molecular complexity index is 597. The molecule has 0 fully saturated rings. The van der Waals surface area contributed by atoms with Crippen molar-refractivity contribution >= 4 is 25.1 Å². The molecule has 2 unspecified atom stereocenters. The van der Waals surface area contributed by atoms with Crippen LogP contribution in [-0.4, -0.2) is 19.3 Å². The SMILES string of the molecule is FC(F)(F)C(F)(F)n1pn[pH][nH]p1Oc1ccccc1. The van der Waals surface area contributed by atoms with Crippen LogP contribution in [0.2, 0.25) is 0 Å². The Labute approximate surface area is 114 Å². The Morgan fingerprint density at radius 1 is 1.20 bits per heavy atom. The molecule has 1 aromatic carbocycles. The first-order valence-corrected chi connectivity index (χ1v) is 7.97. The lowest BCUT2D eigenvalue weighted by molar-refractivity contribution is -0.316. The molecule has 0 saturated carbocycles. The number of hydrogen-bond donors (Lipinski definition) is 1. The maximum absolute atomic E-state index is 13.4. The van der Waals surface area contributed by atoms with E-state index in [0.717, 1.165) is 0 Å². The molecule has 4 nitrogen and oxygen atoms in total. The highest BCUT2D eigenvalue weighted by atomic mass is 31.2. The molecule has 0 saturated heterocycles. The Morgan fingerprint density at radius 3 is 2.45 bits per heavy atom. The molecular weight excluding hydrogens is 342 g/mol. The maximum atomic E-state index is 13.4. The molecule has 0 radical (unpaired) electrons. The quantitative estimate of drug-likeness (QED) is 0.802. The molecule has 0 aliphatic heterocycles. The maximum Gasteiger partial charge on any atom is 0.476 e. The Morgan fingerprint density at radius 2 is 1.85 bits per heavy atom. The highest BCUT2D eigenvalue weighted by molar-refractivity contribution is 7.51. The molecule has 1 heterocycles. The zero-order valence-corrected chi connectivity index (χ0v) is 12.3. The molecular formula is C8H7F5N3OP3. The predicted octanol–water partition coefficient (Wildman–Crippen LogP) is 4.89. The number of hydrogen-bond acceptors (Lipinski definition) is 2. The number of halogens is 5. The summed E-state index contributed by atoms with van der Waals surface area (Å²) < 4.78 is 75.1. The zero-order chi connectivity index (χ0) is 14.8. The van der Waals surface area contributed by atoms with Crippen molar-refractivity contribution in [3.8, 4) is 5.75 Å². The Kier molecular flexibility index (Phi) is 4.43. The lowest BCUT2D eigenvalue weighted by Crippen LogP contribution is -2.38. The van der Waals surface area contributed by atoms with Crippen LogP contribution in [0.5, 0.6) is 5.75 Å². The van der Waals surface area contributed by atoms with E-state index in [1.165, 1.54) is 12.1 Å². The van der Waals surface area contributed by atoms with Crippen LogP contribution in [0.4, 0.5) is 22.0 Å². The van der Waals surface area contributed by atoms with Crippen molar-refractivity contribution in [2.75, 3.05) is 0 Å². The molecule has 110 valence electrons. The summed E-state index contributed by atoms with van der Waals surface area (Å²) in [4.78, 5) is 0. The van der Waals surface area contributed by atoms with E-state index in [4.69, 9.17) is 4.52 Å². The Hall–Kier alpha value is -1.03. The number of rotatable bonds is 3. The van der Waals surface area contributed by atoms with Crippen LogP contribution < -0.4 is 4.52 Å². The van der Waals surface area contributed by atoms with E-state index < -0.39 is 28.8 Å². The van der Waals surface area contributed by atoms with E-state index in [0.29, 0.717) is 0 Å². The number of nitrogens with zero attached hydrogens (tertiary/aromatic N) is 2. The highest BCUT2D eigenvalue weighted by Crippen LogP contribution is 2.47. The van der Waals surface area contributed by atoms with E-state index >= 15 is 0 Å². The minimum Gasteiger partial charge on any atom is -0.417 e. The van der Waals surface area contributed by atoms with Gasteiger partial charge in [0.05, 0.1) is 0 Å². The van der Waals surface area contributed by atoms with E-state index in [1.54, 1.807) is 18.2 Å². The molecule has 1 aromatic heterocycles. The average molecular weight is 349 g/mol. The van der Waals surface area contributed by atoms with Crippen molar-refractivity contribution in [3.05, 3.63) is 30.3 Å². The van der Waals surface area contributed by atoms with Crippen molar-refractivity contribution in [2.45, 2.75) is 12.2 Å². The first kappa shape index (κ1) is 15.4. The van der Waals surface area contributed by atoms with Crippen LogP contribution >= 0.6 is 25.1 Å². The van der Waals surface area contributed by atoms with Gasteiger partial charge in [-0.25, -0.2) is 0 Å². The molecule has 2 aromatic rings. The summed E-state index contributed by atoms with van der Waals surface area (Å²) in [5.41, 5.74) is 0. The highest BCUT2D eigenvalue weighted by Gasteiger charge is 2.61. The zero-order valence-electron chi connectivity index (χ0n) is 9.47. The third-order valence-electron chi connectivity index (χ3n) is 2.02. The van der Waals surface area contributed by atoms with Crippen molar-refractivity contribution in [2.24, 2.45) is 0 Å². The molecule has 1 N–H and O–H groups in total. The number of alkyl halides is 5. The van der Waals surface area contributed by atoms with Gasteiger partial charge < -0.3 is 4.52 Å². The van der Waals surface area contributed by atoms with Gasteiger partial charge >= 0.3 is 12.2 Å². The fourth-order valence-corrected chi connectivity index (χ4v) is 5.27. The van der Waals surface area contributed by atoms with E-state index in [-0.39, 0.29) is 18.4 Å². The summed E-state index contributed by atoms with van der Waals surface area (Å²) >= 11 is 0. The lowest BCUT2D eigenvalue weighted by atomic mass is 10.3. The molecule has 0 amide bonds. The standard InChI is InChI=1S/C8H7F5N3OP3/c9-7(10,11)8(12,13)16-19-14-18-15-20(16)17-6-4-2-1-3-5-6/h1-5,15,18H. The van der Waals surface area contributed by atoms with Crippen molar-refractivity contribution in [3.63, 3.8) is 0 Å². The van der Waals surface area contributed by atoms with E-state index in [1.807, 2.05) is 0 Å². The first-order valence-electron chi connectivity index (χ1n) is 5.01. The number of nitrogens with one attached hydrogen (secondary N) is 1. The molecule has 0 aliphatic carbocycles. The van der Waals surface area contributed by atoms with Crippen LogP contribution in [0.15, 0.2) is 30.3 Å². The van der Waals surface area contributed by atoms with Gasteiger partial charge in [0.25, 0.3) is 0 Å². The fourth-order valence-electron chi connectivity index (χ4n) is 1.14. The van der Waals surface area contributed by atoms with Gasteiger partial charge in [-0.3, -0.25) is 4.51 Å². The van der Waals surface area contributed by atoms with Gasteiger partial charge in [0.1, 0.15) is 14.3 Å². The molecule has 12 heteroatoms. The molecule has 20 heavy (non-hydrogen) atoms. The van der Waals surface area contributed by atoms with Gasteiger partial charge in [0.2, 0.25) is 8.08 Å². The van der Waals surface area contributed by atoms with Gasteiger partial charge in [-0.05, 0) is 12.1 Å². The van der Waals surface area contributed by atoms with Crippen LogP contribution in [0.25, 0.3) is 0 Å². The van der Waals surface area contributed by atoms with Crippen molar-refractivity contribution in [1.82, 2.24) is 13.1 Å². The van der Waals surface area contributed by atoms with E-state index in [2.05, 4.69) is 9.02 Å². The third kappa shape index (κ3) is 3.17. The largest absolute Gasteiger partial charge is 0.476 e. The topological polar surface area (TPSA) is 42.8 Å². The van der Waals surface area contributed by atoms with Gasteiger partial charge in [0, 0.05) is 8.51 Å².